The van der Waals surface area contributed by atoms with Crippen LogP contribution in [0.1, 0.15) is 25.0 Å². The molecule has 0 aliphatic heterocycles. The molecule has 84 valence electrons. The van der Waals surface area contributed by atoms with Gasteiger partial charge in [0.05, 0.1) is 5.75 Å². The van der Waals surface area contributed by atoms with Gasteiger partial charge in [0, 0.05) is 7.05 Å². The topological polar surface area (TPSA) is 68.0 Å². The minimum absolute atomic E-state index is 0.359. The van der Waals surface area contributed by atoms with E-state index in [4.69, 9.17) is 5.11 Å². The van der Waals surface area contributed by atoms with E-state index in [2.05, 4.69) is 10.2 Å². The molecule has 1 aromatic rings. The van der Waals surface area contributed by atoms with E-state index < -0.39 is 5.97 Å². The van der Waals surface area contributed by atoms with E-state index in [0.717, 1.165) is 11.6 Å². The lowest BCUT2D eigenvalue weighted by molar-refractivity contribution is -0.136. The number of aliphatic carboxylic acids is 1. The van der Waals surface area contributed by atoms with Crippen LogP contribution in [0.15, 0.2) is 0 Å². The molecule has 0 bridgehead atoms. The summed E-state index contributed by atoms with van der Waals surface area (Å²) in [5.74, 6) is 1.48. The quantitative estimate of drug-likeness (QED) is 0.822. The molecule has 1 rings (SSSR count). The van der Waals surface area contributed by atoms with Crippen LogP contribution in [0.4, 0.5) is 0 Å². The third-order valence-electron chi connectivity index (χ3n) is 2.24. The predicted molar refractivity (Wildman–Crippen MR) is 58.7 cm³/mol. The summed E-state index contributed by atoms with van der Waals surface area (Å²) < 4.78 is 1.88. The molecule has 0 aliphatic carbocycles. The maximum Gasteiger partial charge on any atom is 0.316 e. The average molecular weight is 229 g/mol. The first-order valence-electron chi connectivity index (χ1n) is 4.75. The molecule has 1 atom stereocenters. The van der Waals surface area contributed by atoms with Gasteiger partial charge in [0.25, 0.3) is 0 Å². The normalized spacial score (nSPS) is 12.7. The van der Waals surface area contributed by atoms with Crippen molar-refractivity contribution >= 4 is 17.7 Å². The number of carboxylic acid groups (broad SMARTS) is 1. The van der Waals surface area contributed by atoms with Gasteiger partial charge in [-0.2, -0.15) is 0 Å². The third kappa shape index (κ3) is 2.95. The fourth-order valence-electron chi connectivity index (χ4n) is 1.12. The summed E-state index contributed by atoms with van der Waals surface area (Å²) in [6, 6.07) is 0. The van der Waals surface area contributed by atoms with Gasteiger partial charge in [-0.25, -0.2) is 0 Å². The van der Waals surface area contributed by atoms with Crippen molar-refractivity contribution in [1.82, 2.24) is 14.8 Å². The Hall–Kier alpha value is -1.04. The van der Waals surface area contributed by atoms with Crippen molar-refractivity contribution in [2.24, 2.45) is 7.05 Å². The second kappa shape index (κ2) is 5.16. The lowest BCUT2D eigenvalue weighted by Crippen LogP contribution is -2.15. The number of aromatic nitrogens is 3. The second-order valence-corrected chi connectivity index (χ2v) is 4.46. The SMILES string of the molecule is CCC(SCc1nnc(C)n1C)C(=O)O. The molecule has 0 fully saturated rings. The molecule has 0 saturated carbocycles. The van der Waals surface area contributed by atoms with E-state index in [1.165, 1.54) is 11.8 Å². The molecular weight excluding hydrogens is 214 g/mol. The molecule has 0 saturated heterocycles. The first-order chi connectivity index (χ1) is 7.06. The Morgan fingerprint density at radius 1 is 1.60 bits per heavy atom. The average Bonchev–Trinajstić information content (AvgIpc) is 2.49. The van der Waals surface area contributed by atoms with Gasteiger partial charge < -0.3 is 9.67 Å². The van der Waals surface area contributed by atoms with Gasteiger partial charge in [0.1, 0.15) is 16.9 Å². The number of carbonyl (C=O) groups is 1. The maximum absolute atomic E-state index is 10.8. The summed E-state index contributed by atoms with van der Waals surface area (Å²) >= 11 is 1.39. The minimum atomic E-state index is -0.763. The van der Waals surface area contributed by atoms with Crippen molar-refractivity contribution in [2.45, 2.75) is 31.3 Å². The number of aryl methyl sites for hydroxylation is 1. The van der Waals surface area contributed by atoms with Crippen molar-refractivity contribution in [1.29, 1.82) is 0 Å². The molecule has 1 N–H and O–H groups in total. The third-order valence-corrected chi connectivity index (χ3v) is 3.60. The summed E-state index contributed by atoms with van der Waals surface area (Å²) in [7, 11) is 1.88. The van der Waals surface area contributed by atoms with Crippen molar-refractivity contribution in [3.63, 3.8) is 0 Å². The van der Waals surface area contributed by atoms with Gasteiger partial charge in [-0.05, 0) is 13.3 Å². The van der Waals surface area contributed by atoms with Crippen LogP contribution in [-0.4, -0.2) is 31.1 Å². The van der Waals surface area contributed by atoms with Crippen LogP contribution < -0.4 is 0 Å². The highest BCUT2D eigenvalue weighted by atomic mass is 32.2. The van der Waals surface area contributed by atoms with E-state index in [0.29, 0.717) is 12.2 Å². The van der Waals surface area contributed by atoms with E-state index in [9.17, 15) is 4.79 Å². The van der Waals surface area contributed by atoms with Crippen LogP contribution in [0.3, 0.4) is 0 Å². The Labute approximate surface area is 92.9 Å². The number of carboxylic acids is 1. The highest BCUT2D eigenvalue weighted by molar-refractivity contribution is 7.99. The molecule has 0 radical (unpaired) electrons. The Bertz CT molecular complexity index is 351. The van der Waals surface area contributed by atoms with E-state index in [1.807, 2.05) is 25.5 Å². The van der Waals surface area contributed by atoms with Crippen LogP contribution in [0.2, 0.25) is 0 Å². The van der Waals surface area contributed by atoms with Crippen LogP contribution in [0.5, 0.6) is 0 Å². The maximum atomic E-state index is 10.8. The standard InChI is InChI=1S/C9H15N3O2S/c1-4-7(9(13)14)15-5-8-11-10-6(2)12(8)3/h7H,4-5H2,1-3H3,(H,13,14). The Kier molecular flexibility index (Phi) is 4.14. The molecule has 1 aromatic heterocycles. The summed E-state index contributed by atoms with van der Waals surface area (Å²) in [6.45, 7) is 3.74. The molecule has 0 spiro atoms. The molecule has 0 aromatic carbocycles. The van der Waals surface area contributed by atoms with E-state index >= 15 is 0 Å². The lowest BCUT2D eigenvalue weighted by atomic mass is 10.3. The lowest BCUT2D eigenvalue weighted by Gasteiger charge is -2.08. The van der Waals surface area contributed by atoms with Crippen LogP contribution >= 0.6 is 11.8 Å². The summed E-state index contributed by atoms with van der Waals surface area (Å²) in [4.78, 5) is 10.8. The smallest absolute Gasteiger partial charge is 0.316 e. The Morgan fingerprint density at radius 2 is 2.27 bits per heavy atom. The van der Waals surface area contributed by atoms with Gasteiger partial charge in [0.2, 0.25) is 0 Å². The van der Waals surface area contributed by atoms with Gasteiger partial charge in [-0.15, -0.1) is 22.0 Å². The second-order valence-electron chi connectivity index (χ2n) is 3.27. The summed E-state index contributed by atoms with van der Waals surface area (Å²) in [5.41, 5.74) is 0. The van der Waals surface area contributed by atoms with Crippen molar-refractivity contribution in [3.05, 3.63) is 11.6 Å². The highest BCUT2D eigenvalue weighted by Gasteiger charge is 2.16. The van der Waals surface area contributed by atoms with Crippen molar-refractivity contribution in [3.8, 4) is 0 Å². The van der Waals surface area contributed by atoms with Crippen LogP contribution in [0, 0.1) is 6.92 Å². The molecular formula is C9H15N3O2S. The van der Waals surface area contributed by atoms with E-state index in [1.54, 1.807) is 0 Å². The number of hydrogen-bond acceptors (Lipinski definition) is 4. The highest BCUT2D eigenvalue weighted by Crippen LogP contribution is 2.19. The van der Waals surface area contributed by atoms with Gasteiger partial charge >= 0.3 is 5.97 Å². The van der Waals surface area contributed by atoms with Crippen LogP contribution in [0.25, 0.3) is 0 Å². The van der Waals surface area contributed by atoms with Crippen molar-refractivity contribution < 1.29 is 9.90 Å². The predicted octanol–water partition coefficient (Wildman–Crippen LogP) is 1.22. The zero-order chi connectivity index (χ0) is 11.4. The molecule has 1 heterocycles. The Balaban J connectivity index is 2.56. The largest absolute Gasteiger partial charge is 0.480 e. The minimum Gasteiger partial charge on any atom is -0.480 e. The van der Waals surface area contributed by atoms with E-state index in [-0.39, 0.29) is 5.25 Å². The fraction of sp³-hybridized carbons (Fsp3) is 0.667. The zero-order valence-corrected chi connectivity index (χ0v) is 9.91. The molecule has 0 amide bonds. The summed E-state index contributed by atoms with van der Waals surface area (Å²) in [5, 5.41) is 16.4. The van der Waals surface area contributed by atoms with Crippen molar-refractivity contribution in [2.75, 3.05) is 0 Å². The molecule has 15 heavy (non-hydrogen) atoms. The zero-order valence-electron chi connectivity index (χ0n) is 9.10. The molecule has 5 nitrogen and oxygen atoms in total. The monoisotopic (exact) mass is 229 g/mol. The number of nitrogens with zero attached hydrogens (tertiary/aromatic N) is 3. The first-order valence-corrected chi connectivity index (χ1v) is 5.80. The summed E-state index contributed by atoms with van der Waals surface area (Å²) in [6.07, 6.45) is 0.622. The molecule has 6 heteroatoms. The number of rotatable bonds is 5. The van der Waals surface area contributed by atoms with Gasteiger partial charge in [0.15, 0.2) is 0 Å². The number of thioether (sulfide) groups is 1. The first kappa shape index (κ1) is 12.0. The fourth-order valence-corrected chi connectivity index (χ4v) is 2.10. The molecule has 0 aliphatic rings. The van der Waals surface area contributed by atoms with Crippen LogP contribution in [-0.2, 0) is 17.6 Å². The molecule has 1 unspecified atom stereocenters. The van der Waals surface area contributed by atoms with Gasteiger partial charge in [-0.1, -0.05) is 6.92 Å². The number of hydrogen-bond donors (Lipinski definition) is 1. The Morgan fingerprint density at radius 3 is 2.67 bits per heavy atom. The van der Waals surface area contributed by atoms with Gasteiger partial charge in [-0.3, -0.25) is 4.79 Å².